The number of rotatable bonds is 4. The maximum Gasteiger partial charge on any atom is 0.263 e. The molecule has 12 aromatic rings. The van der Waals surface area contributed by atoms with Crippen LogP contribution in [0, 0.1) is 0 Å². The minimum atomic E-state index is -0.461. The van der Waals surface area contributed by atoms with E-state index in [0.717, 1.165) is 54.8 Å². The predicted molar refractivity (Wildman–Crippen MR) is 244 cm³/mol. The van der Waals surface area contributed by atoms with Crippen LogP contribution in [0.1, 0.15) is 22.3 Å². The molecule has 59 heavy (non-hydrogen) atoms. The van der Waals surface area contributed by atoms with Crippen molar-refractivity contribution >= 4 is 59.8 Å². The smallest absolute Gasteiger partial charge is 0.263 e. The van der Waals surface area contributed by atoms with Crippen molar-refractivity contribution in [1.82, 2.24) is 8.97 Å². The molecule has 0 spiro atoms. The van der Waals surface area contributed by atoms with Crippen molar-refractivity contribution in [3.8, 4) is 27.9 Å². The van der Waals surface area contributed by atoms with Crippen molar-refractivity contribution < 1.29 is 0 Å². The largest absolute Gasteiger partial charge is 0.309 e. The number of hydrogen-bond donors (Lipinski definition) is 0. The fourth-order valence-corrected chi connectivity index (χ4v) is 10.7. The van der Waals surface area contributed by atoms with E-state index in [4.69, 9.17) is 0 Å². The highest BCUT2D eigenvalue weighted by Gasteiger charge is 2.46. The van der Waals surface area contributed by atoms with Crippen LogP contribution in [0.2, 0.25) is 0 Å². The first kappa shape index (κ1) is 32.3. The SMILES string of the molecule is O=c1c2ccccc2c2cccc3c4cc(-c5ccc(-n6c7ccccc7c7cc8c(cc76)-c6ccccc6C8(c6ccccc6)c6ccccc6)cc5)ccc4n1c23. The van der Waals surface area contributed by atoms with Crippen LogP contribution in [0.5, 0.6) is 0 Å². The average molecular weight is 751 g/mol. The number of fused-ring (bicyclic) bond motifs is 11. The van der Waals surface area contributed by atoms with Crippen molar-refractivity contribution in [3.63, 3.8) is 0 Å². The zero-order chi connectivity index (χ0) is 38.8. The number of aromatic nitrogens is 2. The van der Waals surface area contributed by atoms with E-state index in [1.165, 1.54) is 55.2 Å². The number of hydrogen-bond acceptors (Lipinski definition) is 1. The van der Waals surface area contributed by atoms with Crippen LogP contribution in [0.4, 0.5) is 0 Å². The third-order valence-electron chi connectivity index (χ3n) is 13.1. The molecule has 3 heteroatoms. The van der Waals surface area contributed by atoms with Gasteiger partial charge in [0.2, 0.25) is 0 Å². The van der Waals surface area contributed by atoms with Gasteiger partial charge in [-0.05, 0) is 98.4 Å². The molecule has 3 aromatic heterocycles. The first-order chi connectivity index (χ1) is 29.2. The Kier molecular flexibility index (Phi) is 6.52. The van der Waals surface area contributed by atoms with Crippen LogP contribution in [-0.4, -0.2) is 8.97 Å². The minimum Gasteiger partial charge on any atom is -0.309 e. The second-order valence-corrected chi connectivity index (χ2v) is 16.0. The monoisotopic (exact) mass is 750 g/mol. The van der Waals surface area contributed by atoms with Gasteiger partial charge in [0.1, 0.15) is 0 Å². The molecule has 1 aliphatic rings. The minimum absolute atomic E-state index is 0.0301. The second kappa shape index (κ2) is 11.9. The number of para-hydroxylation sites is 2. The molecular weight excluding hydrogens is 717 g/mol. The molecule has 3 nitrogen and oxygen atoms in total. The van der Waals surface area contributed by atoms with Gasteiger partial charge in [0.15, 0.2) is 0 Å². The van der Waals surface area contributed by atoms with E-state index in [-0.39, 0.29) is 5.56 Å². The van der Waals surface area contributed by atoms with Gasteiger partial charge >= 0.3 is 0 Å². The maximum atomic E-state index is 13.9. The molecule has 0 unspecified atom stereocenters. The van der Waals surface area contributed by atoms with Crippen LogP contribution < -0.4 is 5.56 Å². The highest BCUT2D eigenvalue weighted by atomic mass is 16.1. The van der Waals surface area contributed by atoms with Gasteiger partial charge in [-0.2, -0.15) is 0 Å². The maximum absolute atomic E-state index is 13.9. The fourth-order valence-electron chi connectivity index (χ4n) is 10.7. The van der Waals surface area contributed by atoms with E-state index in [2.05, 4.69) is 193 Å². The number of pyridine rings is 1. The van der Waals surface area contributed by atoms with Crippen molar-refractivity contribution in [3.05, 3.63) is 239 Å². The summed E-state index contributed by atoms with van der Waals surface area (Å²) in [6.07, 6.45) is 0. The standard InChI is InChI=1S/C56H34N2O/c59-55-45-21-8-7-18-40(45)43-22-13-23-44-47-32-36(28-31-52(47)58(55)54(43)44)35-26-29-39(30-27-35)57-51-25-12-10-20-42(51)48-33-50-46(34-53(48)57)41-19-9-11-24-49(41)56(50,37-14-3-1-4-15-37)38-16-5-2-6-17-38/h1-34H. The van der Waals surface area contributed by atoms with E-state index in [9.17, 15) is 4.79 Å². The molecule has 0 N–H and O–H groups in total. The van der Waals surface area contributed by atoms with Gasteiger partial charge in [-0.3, -0.25) is 9.20 Å². The lowest BCUT2D eigenvalue weighted by Crippen LogP contribution is -2.28. The van der Waals surface area contributed by atoms with Crippen molar-refractivity contribution in [2.24, 2.45) is 0 Å². The average Bonchev–Trinajstić information content (AvgIpc) is 3.92. The Hall–Kier alpha value is -7.75. The molecule has 13 rings (SSSR count). The summed E-state index contributed by atoms with van der Waals surface area (Å²) >= 11 is 0. The molecule has 274 valence electrons. The van der Waals surface area contributed by atoms with Crippen LogP contribution >= 0.6 is 0 Å². The molecule has 0 fully saturated rings. The summed E-state index contributed by atoms with van der Waals surface area (Å²) < 4.78 is 4.34. The molecule has 0 radical (unpaired) electrons. The lowest BCUT2D eigenvalue weighted by molar-refractivity contribution is 0.769. The zero-order valence-corrected chi connectivity index (χ0v) is 31.9. The van der Waals surface area contributed by atoms with Gasteiger partial charge in [0.25, 0.3) is 5.56 Å². The van der Waals surface area contributed by atoms with Gasteiger partial charge in [0.05, 0.1) is 27.5 Å². The lowest BCUT2D eigenvalue weighted by atomic mass is 9.67. The fraction of sp³-hybridized carbons (Fsp3) is 0.0179. The second-order valence-electron chi connectivity index (χ2n) is 16.0. The Morgan fingerprint density at radius 2 is 0.949 bits per heavy atom. The Morgan fingerprint density at radius 1 is 0.356 bits per heavy atom. The molecule has 0 atom stereocenters. The highest BCUT2D eigenvalue weighted by Crippen LogP contribution is 2.57. The summed E-state index contributed by atoms with van der Waals surface area (Å²) in [6.45, 7) is 0. The summed E-state index contributed by atoms with van der Waals surface area (Å²) in [7, 11) is 0. The van der Waals surface area contributed by atoms with Crippen molar-refractivity contribution in [1.29, 1.82) is 0 Å². The summed E-state index contributed by atoms with van der Waals surface area (Å²) in [5, 5.41) is 7.50. The van der Waals surface area contributed by atoms with Crippen molar-refractivity contribution in [2.45, 2.75) is 5.41 Å². The first-order valence-electron chi connectivity index (χ1n) is 20.3. The molecular formula is C56H34N2O. The summed E-state index contributed by atoms with van der Waals surface area (Å²) in [5.74, 6) is 0. The zero-order valence-electron chi connectivity index (χ0n) is 31.9. The van der Waals surface area contributed by atoms with Gasteiger partial charge in [-0.15, -0.1) is 0 Å². The third kappa shape index (κ3) is 4.23. The normalized spacial score (nSPS) is 13.3. The Bertz CT molecular complexity index is 3690. The van der Waals surface area contributed by atoms with Gasteiger partial charge < -0.3 is 4.57 Å². The Morgan fingerprint density at radius 3 is 1.71 bits per heavy atom. The first-order valence-corrected chi connectivity index (χ1v) is 20.3. The number of benzene rings is 9. The molecule has 0 saturated heterocycles. The van der Waals surface area contributed by atoms with E-state index in [0.29, 0.717) is 0 Å². The Balaban J connectivity index is 1.00. The Labute approximate surface area is 339 Å². The van der Waals surface area contributed by atoms with E-state index >= 15 is 0 Å². The predicted octanol–water partition coefficient (Wildman–Crippen LogP) is 13.3. The van der Waals surface area contributed by atoms with Crippen molar-refractivity contribution in [2.75, 3.05) is 0 Å². The van der Waals surface area contributed by atoms with E-state index in [1.807, 2.05) is 22.6 Å². The van der Waals surface area contributed by atoms with Crippen LogP contribution in [0.3, 0.4) is 0 Å². The summed E-state index contributed by atoms with van der Waals surface area (Å²) in [6, 6.07) is 74.6. The molecule has 9 aromatic carbocycles. The third-order valence-corrected chi connectivity index (χ3v) is 13.1. The quantitative estimate of drug-likeness (QED) is 0.165. The van der Waals surface area contributed by atoms with Gasteiger partial charge in [-0.1, -0.05) is 158 Å². The molecule has 0 saturated carbocycles. The molecule has 0 aliphatic heterocycles. The van der Waals surface area contributed by atoms with Gasteiger partial charge in [0, 0.05) is 38.0 Å². The van der Waals surface area contributed by atoms with E-state index in [1.54, 1.807) is 0 Å². The molecule has 0 bridgehead atoms. The summed E-state index contributed by atoms with van der Waals surface area (Å²) in [5.41, 5.74) is 14.9. The van der Waals surface area contributed by atoms with E-state index < -0.39 is 5.41 Å². The van der Waals surface area contributed by atoms with Gasteiger partial charge in [-0.25, -0.2) is 0 Å². The molecule has 1 aliphatic carbocycles. The van der Waals surface area contributed by atoms with Crippen LogP contribution in [-0.2, 0) is 5.41 Å². The number of nitrogens with zero attached hydrogens (tertiary/aromatic N) is 2. The molecule has 3 heterocycles. The van der Waals surface area contributed by atoms with Crippen LogP contribution in [0.25, 0.3) is 87.7 Å². The van der Waals surface area contributed by atoms with Crippen LogP contribution in [0.15, 0.2) is 211 Å². The lowest BCUT2D eigenvalue weighted by Gasteiger charge is -2.33. The topological polar surface area (TPSA) is 26.4 Å². The molecule has 0 amide bonds. The summed E-state index contributed by atoms with van der Waals surface area (Å²) in [4.78, 5) is 13.9. The highest BCUT2D eigenvalue weighted by molar-refractivity contribution is 6.20.